The predicted octanol–water partition coefficient (Wildman–Crippen LogP) is 5.93. The average Bonchev–Trinajstić information content (AvgIpc) is 2.82. The second-order valence-corrected chi connectivity index (χ2v) is 8.96. The molecule has 1 heterocycles. The van der Waals surface area contributed by atoms with Gasteiger partial charge in [0.2, 0.25) is 0 Å². The number of aryl methyl sites for hydroxylation is 2. The molecular formula is C28H34Cl2N2O5. The summed E-state index contributed by atoms with van der Waals surface area (Å²) in [5.41, 5.74) is 12.3. The lowest BCUT2D eigenvalue weighted by Crippen LogP contribution is -2.17. The van der Waals surface area contributed by atoms with Crippen LogP contribution in [0.25, 0.3) is 11.1 Å². The number of nitrogens with zero attached hydrogens (tertiary/aromatic N) is 1. The van der Waals surface area contributed by atoms with Gasteiger partial charge >= 0.3 is 11.9 Å². The van der Waals surface area contributed by atoms with Crippen molar-refractivity contribution >= 4 is 36.8 Å². The number of halogens is 2. The Morgan fingerprint density at radius 1 is 1.05 bits per heavy atom. The van der Waals surface area contributed by atoms with E-state index in [1.165, 1.54) is 13.2 Å². The van der Waals surface area contributed by atoms with Crippen LogP contribution in [0.15, 0.2) is 42.5 Å². The standard InChI is InChI=1S/C28H32N2O5.2ClH/c1-16(2)12-23-22(14-29)26(20-9-6-17(3)7-10-20)25(18(4)30-23)28(33)35-15-19-8-11-21(27(31)32)24(13-19)34-5;;/h6-11,13,16H,12,14-15,29H2,1-5H3,(H,31,32);2*1H. The maximum Gasteiger partial charge on any atom is 0.340 e. The normalized spacial score (nSPS) is 10.4. The first-order valence-electron chi connectivity index (χ1n) is 11.5. The highest BCUT2D eigenvalue weighted by atomic mass is 35.5. The van der Waals surface area contributed by atoms with Gasteiger partial charge in [-0.15, -0.1) is 24.8 Å². The number of carbonyl (C=O) groups excluding carboxylic acids is 1. The number of benzene rings is 2. The molecule has 0 unspecified atom stereocenters. The summed E-state index contributed by atoms with van der Waals surface area (Å²) in [6.07, 6.45) is 0.747. The highest BCUT2D eigenvalue weighted by Crippen LogP contribution is 2.33. The molecule has 2 aromatic carbocycles. The number of esters is 1. The van der Waals surface area contributed by atoms with Crippen molar-refractivity contribution in [2.24, 2.45) is 11.7 Å². The maximum absolute atomic E-state index is 13.4. The molecule has 0 aliphatic rings. The molecule has 0 aliphatic carbocycles. The first kappa shape index (κ1) is 31.9. The van der Waals surface area contributed by atoms with Gasteiger partial charge in [-0.05, 0) is 55.0 Å². The Balaban J connectivity index is 0.00000342. The fourth-order valence-electron chi connectivity index (χ4n) is 4.09. The fraction of sp³-hybridized carbons (Fsp3) is 0.321. The van der Waals surface area contributed by atoms with E-state index < -0.39 is 11.9 Å². The van der Waals surface area contributed by atoms with Gasteiger partial charge in [-0.25, -0.2) is 9.59 Å². The van der Waals surface area contributed by atoms with E-state index in [1.807, 2.05) is 38.1 Å². The van der Waals surface area contributed by atoms with E-state index in [4.69, 9.17) is 20.2 Å². The van der Waals surface area contributed by atoms with Gasteiger partial charge in [0, 0.05) is 17.8 Å². The van der Waals surface area contributed by atoms with Crippen molar-refractivity contribution < 1.29 is 24.2 Å². The zero-order valence-corrected chi connectivity index (χ0v) is 23.3. The summed E-state index contributed by atoms with van der Waals surface area (Å²) in [6, 6.07) is 12.5. The number of aromatic nitrogens is 1. The molecule has 3 aromatic rings. The molecule has 0 bridgehead atoms. The lowest BCUT2D eigenvalue weighted by atomic mass is 9.90. The van der Waals surface area contributed by atoms with E-state index in [9.17, 15) is 14.7 Å². The molecular weight excluding hydrogens is 515 g/mol. The minimum absolute atomic E-state index is 0. The van der Waals surface area contributed by atoms with Crippen molar-refractivity contribution in [3.05, 3.63) is 81.7 Å². The zero-order valence-electron chi connectivity index (χ0n) is 21.7. The number of ether oxygens (including phenoxy) is 2. The maximum atomic E-state index is 13.4. The quantitative estimate of drug-likeness (QED) is 0.318. The monoisotopic (exact) mass is 548 g/mol. The van der Waals surface area contributed by atoms with Crippen LogP contribution in [0.4, 0.5) is 0 Å². The summed E-state index contributed by atoms with van der Waals surface area (Å²) >= 11 is 0. The van der Waals surface area contributed by atoms with Crippen LogP contribution in [0.3, 0.4) is 0 Å². The summed E-state index contributed by atoms with van der Waals surface area (Å²) < 4.78 is 10.9. The number of carboxylic acids is 1. The molecule has 200 valence electrons. The average molecular weight is 549 g/mol. The second-order valence-electron chi connectivity index (χ2n) is 8.96. The number of carbonyl (C=O) groups is 2. The van der Waals surface area contributed by atoms with Crippen LogP contribution in [-0.2, 0) is 24.3 Å². The largest absolute Gasteiger partial charge is 0.496 e. The van der Waals surface area contributed by atoms with Gasteiger partial charge in [-0.3, -0.25) is 4.98 Å². The number of aromatic carboxylic acids is 1. The third kappa shape index (κ3) is 7.44. The Morgan fingerprint density at radius 3 is 2.24 bits per heavy atom. The molecule has 0 saturated heterocycles. The molecule has 0 atom stereocenters. The molecule has 0 fully saturated rings. The van der Waals surface area contributed by atoms with E-state index in [0.29, 0.717) is 22.7 Å². The Kier molecular flexibility index (Phi) is 12.1. The van der Waals surface area contributed by atoms with Crippen LogP contribution in [0.5, 0.6) is 5.75 Å². The number of hydrogen-bond acceptors (Lipinski definition) is 6. The van der Waals surface area contributed by atoms with Crippen LogP contribution >= 0.6 is 24.8 Å². The summed E-state index contributed by atoms with van der Waals surface area (Å²) in [7, 11) is 1.40. The van der Waals surface area contributed by atoms with E-state index in [0.717, 1.165) is 34.4 Å². The molecule has 0 radical (unpaired) electrons. The van der Waals surface area contributed by atoms with E-state index >= 15 is 0 Å². The Morgan fingerprint density at radius 2 is 1.70 bits per heavy atom. The Hall–Kier alpha value is -3.13. The minimum atomic E-state index is -1.09. The molecule has 0 saturated carbocycles. The molecule has 3 rings (SSSR count). The van der Waals surface area contributed by atoms with Gasteiger partial charge < -0.3 is 20.3 Å². The lowest BCUT2D eigenvalue weighted by Gasteiger charge is -2.20. The van der Waals surface area contributed by atoms with E-state index in [-0.39, 0.29) is 49.3 Å². The number of methoxy groups -OCH3 is 1. The first-order valence-corrected chi connectivity index (χ1v) is 11.5. The van der Waals surface area contributed by atoms with Crippen molar-refractivity contribution in [1.29, 1.82) is 0 Å². The van der Waals surface area contributed by atoms with Crippen molar-refractivity contribution in [3.8, 4) is 16.9 Å². The van der Waals surface area contributed by atoms with Crippen LogP contribution in [0.1, 0.15) is 62.6 Å². The highest BCUT2D eigenvalue weighted by Gasteiger charge is 2.25. The molecule has 0 amide bonds. The summed E-state index contributed by atoms with van der Waals surface area (Å²) in [4.78, 5) is 29.5. The number of hydrogen-bond donors (Lipinski definition) is 2. The molecule has 3 N–H and O–H groups in total. The van der Waals surface area contributed by atoms with Crippen molar-refractivity contribution in [2.75, 3.05) is 7.11 Å². The van der Waals surface area contributed by atoms with Crippen molar-refractivity contribution in [2.45, 2.75) is 47.3 Å². The number of rotatable bonds is 9. The first-order chi connectivity index (χ1) is 16.7. The van der Waals surface area contributed by atoms with E-state index in [1.54, 1.807) is 12.1 Å². The van der Waals surface area contributed by atoms with Gasteiger partial charge in [0.25, 0.3) is 0 Å². The van der Waals surface area contributed by atoms with E-state index in [2.05, 4.69) is 13.8 Å². The summed E-state index contributed by atoms with van der Waals surface area (Å²) in [6.45, 7) is 8.25. The number of pyridine rings is 1. The third-order valence-electron chi connectivity index (χ3n) is 5.78. The van der Waals surface area contributed by atoms with Crippen LogP contribution < -0.4 is 10.5 Å². The molecule has 1 aromatic heterocycles. The lowest BCUT2D eigenvalue weighted by molar-refractivity contribution is 0.0470. The summed E-state index contributed by atoms with van der Waals surface area (Å²) in [5.74, 6) is -1.03. The van der Waals surface area contributed by atoms with Gasteiger partial charge in [0.05, 0.1) is 18.4 Å². The van der Waals surface area contributed by atoms with Gasteiger partial charge in [0.15, 0.2) is 0 Å². The van der Waals surface area contributed by atoms with Crippen molar-refractivity contribution in [3.63, 3.8) is 0 Å². The number of nitrogens with two attached hydrogens (primary N) is 1. The SMILES string of the molecule is COc1cc(COC(=O)c2c(C)nc(CC(C)C)c(CN)c2-c2ccc(C)cc2)ccc1C(=O)O.Cl.Cl. The fourth-order valence-corrected chi connectivity index (χ4v) is 4.09. The molecule has 0 aliphatic heterocycles. The topological polar surface area (TPSA) is 112 Å². The molecule has 37 heavy (non-hydrogen) atoms. The smallest absolute Gasteiger partial charge is 0.340 e. The molecule has 9 heteroatoms. The molecule has 0 spiro atoms. The minimum Gasteiger partial charge on any atom is -0.496 e. The van der Waals surface area contributed by atoms with Crippen LogP contribution in [0, 0.1) is 19.8 Å². The van der Waals surface area contributed by atoms with Gasteiger partial charge in [-0.2, -0.15) is 0 Å². The highest BCUT2D eigenvalue weighted by molar-refractivity contribution is 5.99. The predicted molar refractivity (Wildman–Crippen MR) is 149 cm³/mol. The van der Waals surface area contributed by atoms with Gasteiger partial charge in [0.1, 0.15) is 17.9 Å². The second kappa shape index (κ2) is 14.0. The Bertz CT molecular complexity index is 1240. The molecule has 7 nitrogen and oxygen atoms in total. The zero-order chi connectivity index (χ0) is 25.7. The number of carboxylic acid groups (broad SMARTS) is 1. The summed E-state index contributed by atoms with van der Waals surface area (Å²) in [5, 5.41) is 9.28. The Labute approximate surface area is 230 Å². The van der Waals surface area contributed by atoms with Crippen LogP contribution in [-0.4, -0.2) is 29.1 Å². The third-order valence-corrected chi connectivity index (χ3v) is 5.78. The van der Waals surface area contributed by atoms with Crippen molar-refractivity contribution in [1.82, 2.24) is 4.98 Å². The van der Waals surface area contributed by atoms with Crippen LogP contribution in [0.2, 0.25) is 0 Å². The van der Waals surface area contributed by atoms with Gasteiger partial charge in [-0.1, -0.05) is 49.7 Å².